The van der Waals surface area contributed by atoms with Gasteiger partial charge in [0.15, 0.2) is 0 Å². The maximum Gasteiger partial charge on any atom is 0.315 e. The average Bonchev–Trinajstić information content (AvgIpc) is 2.21. The Hall–Kier alpha value is -1.69. The minimum atomic E-state index is -0.482. The van der Waals surface area contributed by atoms with Crippen LogP contribution in [0.2, 0.25) is 0 Å². The summed E-state index contributed by atoms with van der Waals surface area (Å²) in [6.07, 6.45) is 1.51. The van der Waals surface area contributed by atoms with E-state index in [9.17, 15) is 4.79 Å². The van der Waals surface area contributed by atoms with Crippen molar-refractivity contribution in [3.8, 4) is 0 Å². The molecule has 1 heterocycles. The molecule has 0 aliphatic rings. The van der Waals surface area contributed by atoms with Gasteiger partial charge >= 0.3 is 6.03 Å². The Morgan fingerprint density at radius 2 is 1.94 bits per heavy atom. The van der Waals surface area contributed by atoms with Gasteiger partial charge in [0.2, 0.25) is 0 Å². The summed E-state index contributed by atoms with van der Waals surface area (Å²) in [5, 5.41) is 0. The molecule has 1 atom stereocenters. The Bertz CT molecular complexity index is 385. The van der Waals surface area contributed by atoms with Crippen molar-refractivity contribution >= 4 is 6.03 Å². The van der Waals surface area contributed by atoms with Crippen molar-refractivity contribution in [2.45, 2.75) is 33.4 Å². The summed E-state index contributed by atoms with van der Waals surface area (Å²) in [7, 11) is 0. The predicted octanol–water partition coefficient (Wildman–Crippen LogP) is 0.321. The fourth-order valence-electron chi connectivity index (χ4n) is 1.62. The smallest absolute Gasteiger partial charge is 0.315 e. The topological polar surface area (TPSA) is 98.1 Å². The molecule has 1 unspecified atom stereocenters. The number of aryl methyl sites for hydroxylation is 2. The second-order valence-electron chi connectivity index (χ2n) is 4.22. The van der Waals surface area contributed by atoms with E-state index in [0.29, 0.717) is 13.1 Å². The first-order valence-corrected chi connectivity index (χ1v) is 5.48. The van der Waals surface area contributed by atoms with E-state index in [1.54, 1.807) is 0 Å². The average molecular weight is 237 g/mol. The normalized spacial score (nSPS) is 12.2. The van der Waals surface area contributed by atoms with E-state index in [1.807, 2.05) is 20.8 Å². The first kappa shape index (κ1) is 13.4. The lowest BCUT2D eigenvalue weighted by atomic mass is 10.1. The molecule has 94 valence electrons. The van der Waals surface area contributed by atoms with E-state index in [4.69, 9.17) is 11.5 Å². The Morgan fingerprint density at radius 1 is 1.41 bits per heavy atom. The van der Waals surface area contributed by atoms with Crippen LogP contribution in [0.3, 0.4) is 0 Å². The SMILES string of the molecule is Cc1ncnc(C)c1CN(CC(C)N)C(N)=O. The minimum Gasteiger partial charge on any atom is -0.351 e. The van der Waals surface area contributed by atoms with Crippen molar-refractivity contribution in [3.05, 3.63) is 23.3 Å². The van der Waals surface area contributed by atoms with Gasteiger partial charge in [-0.15, -0.1) is 0 Å². The third-order valence-electron chi connectivity index (χ3n) is 2.55. The van der Waals surface area contributed by atoms with Crippen LogP contribution < -0.4 is 11.5 Å². The van der Waals surface area contributed by atoms with Gasteiger partial charge in [-0.2, -0.15) is 0 Å². The van der Waals surface area contributed by atoms with Crippen LogP contribution in [0.1, 0.15) is 23.9 Å². The molecule has 17 heavy (non-hydrogen) atoms. The van der Waals surface area contributed by atoms with Crippen LogP contribution in [0.25, 0.3) is 0 Å². The highest BCUT2D eigenvalue weighted by molar-refractivity contribution is 5.72. The van der Waals surface area contributed by atoms with Crippen molar-refractivity contribution in [1.29, 1.82) is 0 Å². The van der Waals surface area contributed by atoms with Crippen LogP contribution in [0.15, 0.2) is 6.33 Å². The predicted molar refractivity (Wildman–Crippen MR) is 65.1 cm³/mol. The first-order chi connectivity index (χ1) is 7.91. The molecule has 0 fully saturated rings. The van der Waals surface area contributed by atoms with Crippen molar-refractivity contribution in [3.63, 3.8) is 0 Å². The second kappa shape index (κ2) is 5.58. The van der Waals surface area contributed by atoms with E-state index < -0.39 is 6.03 Å². The molecule has 0 radical (unpaired) electrons. The third-order valence-corrected chi connectivity index (χ3v) is 2.55. The van der Waals surface area contributed by atoms with Crippen LogP contribution in [-0.2, 0) is 6.54 Å². The summed E-state index contributed by atoms with van der Waals surface area (Å²) in [6.45, 7) is 6.42. The van der Waals surface area contributed by atoms with Gasteiger partial charge in [-0.25, -0.2) is 14.8 Å². The van der Waals surface area contributed by atoms with E-state index >= 15 is 0 Å². The van der Waals surface area contributed by atoms with Crippen LogP contribution in [-0.4, -0.2) is 33.5 Å². The lowest BCUT2D eigenvalue weighted by Crippen LogP contribution is -2.42. The number of hydrogen-bond acceptors (Lipinski definition) is 4. The largest absolute Gasteiger partial charge is 0.351 e. The summed E-state index contributed by atoms with van der Waals surface area (Å²) in [5.74, 6) is 0. The van der Waals surface area contributed by atoms with Gasteiger partial charge in [0.05, 0.1) is 6.54 Å². The second-order valence-corrected chi connectivity index (χ2v) is 4.22. The van der Waals surface area contributed by atoms with E-state index in [0.717, 1.165) is 17.0 Å². The standard InChI is InChI=1S/C11H19N5O/c1-7(12)4-16(11(13)17)5-10-8(2)14-6-15-9(10)3/h6-7H,4-5,12H2,1-3H3,(H2,13,17). The lowest BCUT2D eigenvalue weighted by Gasteiger charge is -2.23. The zero-order chi connectivity index (χ0) is 13.0. The van der Waals surface area contributed by atoms with Crippen molar-refractivity contribution in [1.82, 2.24) is 14.9 Å². The lowest BCUT2D eigenvalue weighted by molar-refractivity contribution is 0.201. The van der Waals surface area contributed by atoms with Crippen LogP contribution in [0.5, 0.6) is 0 Å². The maximum absolute atomic E-state index is 11.3. The number of carbonyl (C=O) groups is 1. The van der Waals surface area contributed by atoms with Gasteiger partial charge in [-0.3, -0.25) is 0 Å². The number of rotatable bonds is 4. The summed E-state index contributed by atoms with van der Waals surface area (Å²) in [4.78, 5) is 21.0. The van der Waals surface area contributed by atoms with Gasteiger partial charge in [0, 0.05) is 29.5 Å². The van der Waals surface area contributed by atoms with Crippen LogP contribution in [0, 0.1) is 13.8 Å². The molecular formula is C11H19N5O. The molecule has 1 rings (SSSR count). The van der Waals surface area contributed by atoms with Gasteiger partial charge in [0.1, 0.15) is 6.33 Å². The maximum atomic E-state index is 11.3. The Labute approximate surface area is 101 Å². The quantitative estimate of drug-likeness (QED) is 0.788. The number of hydrogen-bond donors (Lipinski definition) is 2. The first-order valence-electron chi connectivity index (χ1n) is 5.48. The molecule has 1 aromatic rings. The number of primary amides is 1. The summed E-state index contributed by atoms with van der Waals surface area (Å²) >= 11 is 0. The van der Waals surface area contributed by atoms with E-state index in [2.05, 4.69) is 9.97 Å². The molecule has 6 heteroatoms. The van der Waals surface area contributed by atoms with Crippen molar-refractivity contribution < 1.29 is 4.79 Å². The highest BCUT2D eigenvalue weighted by Gasteiger charge is 2.15. The monoisotopic (exact) mass is 237 g/mol. The van der Waals surface area contributed by atoms with Crippen LogP contribution in [0.4, 0.5) is 4.79 Å². The Morgan fingerprint density at radius 3 is 2.35 bits per heavy atom. The zero-order valence-corrected chi connectivity index (χ0v) is 10.5. The fraction of sp³-hybridized carbons (Fsp3) is 0.545. The summed E-state index contributed by atoms with van der Waals surface area (Å²) < 4.78 is 0. The number of urea groups is 1. The number of amides is 2. The van der Waals surface area contributed by atoms with Gasteiger partial charge in [0.25, 0.3) is 0 Å². The number of carbonyl (C=O) groups excluding carboxylic acids is 1. The summed E-state index contributed by atoms with van der Waals surface area (Å²) in [5.41, 5.74) is 13.6. The van der Waals surface area contributed by atoms with Crippen molar-refractivity contribution in [2.24, 2.45) is 11.5 Å². The molecule has 0 spiro atoms. The van der Waals surface area contributed by atoms with Crippen LogP contribution >= 0.6 is 0 Å². The van der Waals surface area contributed by atoms with Gasteiger partial charge in [-0.1, -0.05) is 0 Å². The Kier molecular flexibility index (Phi) is 4.39. The number of aromatic nitrogens is 2. The highest BCUT2D eigenvalue weighted by atomic mass is 16.2. The Balaban J connectivity index is 2.90. The highest BCUT2D eigenvalue weighted by Crippen LogP contribution is 2.11. The molecule has 0 aromatic carbocycles. The molecule has 4 N–H and O–H groups in total. The molecule has 0 saturated heterocycles. The number of nitrogens with two attached hydrogens (primary N) is 2. The molecule has 0 aliphatic carbocycles. The fourth-order valence-corrected chi connectivity index (χ4v) is 1.62. The molecule has 2 amide bonds. The summed E-state index contributed by atoms with van der Waals surface area (Å²) in [6, 6.07) is -0.599. The molecule has 1 aromatic heterocycles. The van der Waals surface area contributed by atoms with Gasteiger partial charge in [-0.05, 0) is 20.8 Å². The van der Waals surface area contributed by atoms with Crippen molar-refractivity contribution in [2.75, 3.05) is 6.54 Å². The molecular weight excluding hydrogens is 218 g/mol. The molecule has 0 aliphatic heterocycles. The minimum absolute atomic E-state index is 0.118. The zero-order valence-electron chi connectivity index (χ0n) is 10.5. The number of nitrogens with zero attached hydrogens (tertiary/aromatic N) is 3. The molecule has 0 bridgehead atoms. The molecule has 0 saturated carbocycles. The third kappa shape index (κ3) is 3.67. The van der Waals surface area contributed by atoms with E-state index in [-0.39, 0.29) is 6.04 Å². The van der Waals surface area contributed by atoms with Gasteiger partial charge < -0.3 is 16.4 Å². The van der Waals surface area contributed by atoms with E-state index in [1.165, 1.54) is 11.2 Å². The molecule has 6 nitrogen and oxygen atoms in total.